The molecule has 0 amide bonds. The van der Waals surface area contributed by atoms with Crippen LogP contribution in [0.4, 0.5) is 0 Å². The van der Waals surface area contributed by atoms with Crippen molar-refractivity contribution in [3.05, 3.63) is 0 Å². The lowest BCUT2D eigenvalue weighted by Crippen LogP contribution is -2.40. The molecule has 0 aliphatic carbocycles. The van der Waals surface area contributed by atoms with Gasteiger partial charge in [-0.2, -0.15) is 0 Å². The van der Waals surface area contributed by atoms with Crippen molar-refractivity contribution < 1.29 is 4.79 Å². The molecule has 0 fully saturated rings. The second-order valence-corrected chi connectivity index (χ2v) is 3.45. The molecule has 0 radical (unpaired) electrons. The van der Waals surface area contributed by atoms with Crippen LogP contribution in [0.15, 0.2) is 0 Å². The van der Waals surface area contributed by atoms with Crippen molar-refractivity contribution in [1.29, 1.82) is 0 Å². The zero-order valence-electron chi connectivity index (χ0n) is 6.56. The van der Waals surface area contributed by atoms with E-state index in [1.54, 1.807) is 0 Å². The van der Waals surface area contributed by atoms with Crippen molar-refractivity contribution >= 4 is 5.78 Å². The maximum Gasteiger partial charge on any atom is 0.146 e. The molecule has 0 aromatic carbocycles. The molecular weight excluding hydrogens is 114 g/mol. The number of hydrogen-bond acceptors (Lipinski definition) is 2. The van der Waals surface area contributed by atoms with Gasteiger partial charge in [0.15, 0.2) is 0 Å². The third-order valence-corrected chi connectivity index (χ3v) is 1.37. The zero-order chi connectivity index (χ0) is 7.65. The third-order valence-electron chi connectivity index (χ3n) is 1.37. The van der Waals surface area contributed by atoms with Gasteiger partial charge in [0.1, 0.15) is 5.78 Å². The van der Waals surface area contributed by atoms with E-state index in [0.717, 1.165) is 0 Å². The van der Waals surface area contributed by atoms with Gasteiger partial charge in [-0.05, 0) is 12.3 Å². The Morgan fingerprint density at radius 2 is 1.78 bits per heavy atom. The monoisotopic (exact) mass is 129 g/mol. The molecule has 0 aromatic rings. The van der Waals surface area contributed by atoms with E-state index in [1.807, 2.05) is 20.8 Å². The molecule has 1 unspecified atom stereocenters. The van der Waals surface area contributed by atoms with Crippen molar-refractivity contribution in [3.8, 4) is 0 Å². The van der Waals surface area contributed by atoms with Gasteiger partial charge in [-0.3, -0.25) is 4.79 Å². The predicted molar refractivity (Wildman–Crippen MR) is 38.1 cm³/mol. The number of rotatable bonds is 1. The van der Waals surface area contributed by atoms with Crippen LogP contribution >= 0.6 is 0 Å². The fourth-order valence-electron chi connectivity index (χ4n) is 0.610. The van der Waals surface area contributed by atoms with Gasteiger partial charge in [-0.25, -0.2) is 0 Å². The van der Waals surface area contributed by atoms with Crippen molar-refractivity contribution in [2.45, 2.75) is 33.7 Å². The van der Waals surface area contributed by atoms with Crippen LogP contribution < -0.4 is 5.73 Å². The van der Waals surface area contributed by atoms with Crippen LogP contribution in [-0.4, -0.2) is 11.8 Å². The summed E-state index contributed by atoms with van der Waals surface area (Å²) in [6.07, 6.45) is 0. The van der Waals surface area contributed by atoms with E-state index in [0.29, 0.717) is 0 Å². The molecule has 0 saturated carbocycles. The Bertz CT molecular complexity index is 113. The molecule has 0 spiro atoms. The Morgan fingerprint density at radius 1 is 1.44 bits per heavy atom. The standard InChI is InChI=1S/C7H15NO/c1-5(9)6(8)7(2,3)4/h6H,8H2,1-4H3. The molecule has 0 aliphatic rings. The second-order valence-electron chi connectivity index (χ2n) is 3.45. The molecule has 0 saturated heterocycles. The van der Waals surface area contributed by atoms with Crippen molar-refractivity contribution in [3.63, 3.8) is 0 Å². The summed E-state index contributed by atoms with van der Waals surface area (Å²) in [5.41, 5.74) is 5.45. The van der Waals surface area contributed by atoms with E-state index in [9.17, 15) is 4.79 Å². The number of carbonyl (C=O) groups is 1. The van der Waals surface area contributed by atoms with Crippen molar-refractivity contribution in [2.75, 3.05) is 0 Å². The number of Topliss-reactive ketones (excluding diaryl/α,β-unsaturated/α-hetero) is 1. The van der Waals surface area contributed by atoms with E-state index in [4.69, 9.17) is 5.73 Å². The lowest BCUT2D eigenvalue weighted by atomic mass is 9.85. The Balaban J connectivity index is 4.04. The number of hydrogen-bond donors (Lipinski definition) is 1. The molecular formula is C7H15NO. The molecule has 0 rings (SSSR count). The molecule has 0 aliphatic heterocycles. The van der Waals surface area contributed by atoms with Gasteiger partial charge in [0.25, 0.3) is 0 Å². The SMILES string of the molecule is CC(=O)C(N)C(C)(C)C. The van der Waals surface area contributed by atoms with Crippen LogP contribution in [0.3, 0.4) is 0 Å². The van der Waals surface area contributed by atoms with Crippen LogP contribution in [0.5, 0.6) is 0 Å². The zero-order valence-corrected chi connectivity index (χ0v) is 6.56. The van der Waals surface area contributed by atoms with E-state index in [2.05, 4.69) is 0 Å². The first-order valence-electron chi connectivity index (χ1n) is 3.11. The predicted octanol–water partition coefficient (Wildman–Crippen LogP) is 0.949. The average Bonchev–Trinajstić information content (AvgIpc) is 1.62. The van der Waals surface area contributed by atoms with Crippen LogP contribution in [0.1, 0.15) is 27.7 Å². The van der Waals surface area contributed by atoms with Gasteiger partial charge < -0.3 is 5.73 Å². The Labute approximate surface area is 56.4 Å². The summed E-state index contributed by atoms with van der Waals surface area (Å²) >= 11 is 0. The van der Waals surface area contributed by atoms with E-state index in [-0.39, 0.29) is 17.2 Å². The first-order valence-corrected chi connectivity index (χ1v) is 3.11. The Hall–Kier alpha value is -0.370. The molecule has 0 aromatic heterocycles. The summed E-state index contributed by atoms with van der Waals surface area (Å²) in [4.78, 5) is 10.7. The number of ketones is 1. The lowest BCUT2D eigenvalue weighted by molar-refractivity contribution is -0.120. The fourth-order valence-corrected chi connectivity index (χ4v) is 0.610. The van der Waals surface area contributed by atoms with Crippen LogP contribution in [0, 0.1) is 5.41 Å². The quantitative estimate of drug-likeness (QED) is 0.572. The van der Waals surface area contributed by atoms with Gasteiger partial charge >= 0.3 is 0 Å². The highest BCUT2D eigenvalue weighted by molar-refractivity contribution is 5.81. The van der Waals surface area contributed by atoms with Gasteiger partial charge in [-0.1, -0.05) is 20.8 Å². The number of nitrogens with two attached hydrogens (primary N) is 1. The molecule has 54 valence electrons. The highest BCUT2D eigenvalue weighted by Crippen LogP contribution is 2.17. The maximum atomic E-state index is 10.7. The van der Waals surface area contributed by atoms with Crippen molar-refractivity contribution in [2.24, 2.45) is 11.1 Å². The minimum absolute atomic E-state index is 0.0579. The third kappa shape index (κ3) is 2.61. The summed E-state index contributed by atoms with van der Waals surface area (Å²) in [7, 11) is 0. The minimum Gasteiger partial charge on any atom is -0.321 e. The Morgan fingerprint density at radius 3 is 1.78 bits per heavy atom. The Kier molecular flexibility index (Phi) is 2.38. The molecule has 2 nitrogen and oxygen atoms in total. The van der Waals surface area contributed by atoms with Crippen molar-refractivity contribution in [1.82, 2.24) is 0 Å². The summed E-state index contributed by atoms with van der Waals surface area (Å²) in [5, 5.41) is 0. The highest BCUT2D eigenvalue weighted by Gasteiger charge is 2.23. The first-order chi connectivity index (χ1) is 3.85. The smallest absolute Gasteiger partial charge is 0.146 e. The molecule has 0 bridgehead atoms. The van der Waals surface area contributed by atoms with E-state index in [1.165, 1.54) is 6.92 Å². The molecule has 1 atom stereocenters. The summed E-state index contributed by atoms with van der Waals surface area (Å²) in [6.45, 7) is 7.40. The maximum absolute atomic E-state index is 10.7. The largest absolute Gasteiger partial charge is 0.321 e. The first kappa shape index (κ1) is 8.63. The van der Waals surface area contributed by atoms with E-state index >= 15 is 0 Å². The van der Waals surface area contributed by atoms with Crippen LogP contribution in [0.2, 0.25) is 0 Å². The van der Waals surface area contributed by atoms with E-state index < -0.39 is 0 Å². The number of carbonyl (C=O) groups excluding carboxylic acids is 1. The normalized spacial score (nSPS) is 15.2. The fraction of sp³-hybridized carbons (Fsp3) is 0.857. The van der Waals surface area contributed by atoms with Gasteiger partial charge in [0, 0.05) is 0 Å². The summed E-state index contributed by atoms with van der Waals surface area (Å²) in [6, 6.07) is -0.322. The lowest BCUT2D eigenvalue weighted by Gasteiger charge is -2.23. The summed E-state index contributed by atoms with van der Waals surface area (Å²) in [5.74, 6) is 0.0579. The molecule has 2 heteroatoms. The molecule has 0 heterocycles. The van der Waals surface area contributed by atoms with Crippen LogP contribution in [0.25, 0.3) is 0 Å². The van der Waals surface area contributed by atoms with Gasteiger partial charge in [0.05, 0.1) is 6.04 Å². The minimum atomic E-state index is -0.322. The topological polar surface area (TPSA) is 43.1 Å². The molecule has 2 N–H and O–H groups in total. The second kappa shape index (κ2) is 2.48. The van der Waals surface area contributed by atoms with Crippen LogP contribution in [-0.2, 0) is 4.79 Å². The van der Waals surface area contributed by atoms with Gasteiger partial charge in [0.2, 0.25) is 0 Å². The average molecular weight is 129 g/mol. The summed E-state index contributed by atoms with van der Waals surface area (Å²) < 4.78 is 0. The van der Waals surface area contributed by atoms with Gasteiger partial charge in [-0.15, -0.1) is 0 Å². The molecule has 9 heavy (non-hydrogen) atoms. The highest BCUT2D eigenvalue weighted by atomic mass is 16.1.